The van der Waals surface area contributed by atoms with E-state index in [1.165, 1.54) is 13.2 Å². The van der Waals surface area contributed by atoms with Gasteiger partial charge in [0.25, 0.3) is 0 Å². The molecule has 0 aromatic carbocycles. The van der Waals surface area contributed by atoms with E-state index in [2.05, 4.69) is 15.0 Å². The van der Waals surface area contributed by atoms with Crippen LogP contribution in [0.15, 0.2) is 6.07 Å². The maximum atomic E-state index is 12.4. The molecule has 118 valence electrons. The highest BCUT2D eigenvalue weighted by Gasteiger charge is 2.18. The van der Waals surface area contributed by atoms with Gasteiger partial charge in [-0.1, -0.05) is 0 Å². The highest BCUT2D eigenvalue weighted by atomic mass is 19.3. The second-order valence-corrected chi connectivity index (χ2v) is 4.44. The summed E-state index contributed by atoms with van der Waals surface area (Å²) in [5.41, 5.74) is 0.667. The lowest BCUT2D eigenvalue weighted by molar-refractivity contribution is -0.0506. The van der Waals surface area contributed by atoms with Crippen LogP contribution in [0.1, 0.15) is 25.1 Å². The molecule has 0 fully saturated rings. The summed E-state index contributed by atoms with van der Waals surface area (Å²) in [4.78, 5) is 15.5. The van der Waals surface area contributed by atoms with Crippen molar-refractivity contribution >= 4 is 6.09 Å². The molecule has 0 bridgehead atoms. The first-order chi connectivity index (χ1) is 9.83. The number of alkyl carbamates (subject to hydrolysis) is 1. The molecule has 0 aliphatic heterocycles. The number of nitrogens with one attached hydrogen (secondary N) is 1. The maximum Gasteiger partial charge on any atom is 0.407 e. The van der Waals surface area contributed by atoms with Crippen molar-refractivity contribution in [3.63, 3.8) is 0 Å². The van der Waals surface area contributed by atoms with E-state index in [0.717, 1.165) is 0 Å². The lowest BCUT2D eigenvalue weighted by Crippen LogP contribution is -2.27. The van der Waals surface area contributed by atoms with Crippen LogP contribution in [0.3, 0.4) is 0 Å². The zero-order valence-corrected chi connectivity index (χ0v) is 12.3. The first kappa shape index (κ1) is 16.9. The average molecular weight is 304 g/mol. The Morgan fingerprint density at radius 1 is 1.43 bits per heavy atom. The van der Waals surface area contributed by atoms with Gasteiger partial charge in [0.15, 0.2) is 0 Å². The number of alkyl halides is 2. The molecule has 1 rings (SSSR count). The number of aromatic nitrogens is 1. The molecule has 1 heterocycles. The van der Waals surface area contributed by atoms with Gasteiger partial charge in [-0.05, 0) is 20.8 Å². The molecule has 8 heteroatoms. The van der Waals surface area contributed by atoms with Crippen LogP contribution in [0, 0.1) is 6.92 Å². The Kier molecular flexibility index (Phi) is 6.13. The van der Waals surface area contributed by atoms with E-state index in [0.29, 0.717) is 5.69 Å². The second kappa shape index (κ2) is 7.61. The molecule has 0 spiro atoms. The van der Waals surface area contributed by atoms with Crippen molar-refractivity contribution in [1.29, 1.82) is 0 Å². The zero-order chi connectivity index (χ0) is 16.0. The molecule has 0 unspecified atom stereocenters. The van der Waals surface area contributed by atoms with Gasteiger partial charge >= 0.3 is 12.7 Å². The third kappa shape index (κ3) is 5.41. The first-order valence-electron chi connectivity index (χ1n) is 6.27. The number of hydrogen-bond acceptors (Lipinski definition) is 5. The molecule has 0 aliphatic rings. The van der Waals surface area contributed by atoms with Crippen LogP contribution in [0.4, 0.5) is 13.6 Å². The van der Waals surface area contributed by atoms with Crippen LogP contribution in [0.25, 0.3) is 0 Å². The molecule has 1 aromatic heterocycles. The minimum absolute atomic E-state index is 0.0980. The van der Waals surface area contributed by atoms with Crippen molar-refractivity contribution in [3.05, 3.63) is 17.3 Å². The molecule has 0 atom stereocenters. The van der Waals surface area contributed by atoms with Gasteiger partial charge in [-0.3, -0.25) is 0 Å². The van der Waals surface area contributed by atoms with Crippen molar-refractivity contribution < 1.29 is 27.8 Å². The van der Waals surface area contributed by atoms with E-state index in [4.69, 9.17) is 9.47 Å². The smallest absolute Gasteiger partial charge is 0.407 e. The molecule has 21 heavy (non-hydrogen) atoms. The van der Waals surface area contributed by atoms with Gasteiger partial charge in [0.2, 0.25) is 5.88 Å². The van der Waals surface area contributed by atoms with Crippen LogP contribution < -0.4 is 14.8 Å². The summed E-state index contributed by atoms with van der Waals surface area (Å²) in [6.45, 7) is 1.91. The molecule has 0 saturated heterocycles. The summed E-state index contributed by atoms with van der Waals surface area (Å²) in [6, 6.07) is 1.35. The quantitative estimate of drug-likeness (QED) is 0.875. The van der Waals surface area contributed by atoms with Crippen LogP contribution in [0.5, 0.6) is 11.6 Å². The predicted molar refractivity (Wildman–Crippen MR) is 70.6 cm³/mol. The van der Waals surface area contributed by atoms with Crippen LogP contribution in [-0.2, 0) is 11.3 Å². The normalized spacial score (nSPS) is 10.7. The molecule has 1 aromatic rings. The number of ether oxygens (including phenoxy) is 3. The van der Waals surface area contributed by atoms with Crippen molar-refractivity contribution in [2.24, 2.45) is 0 Å². The van der Waals surface area contributed by atoms with E-state index >= 15 is 0 Å². The minimum Gasteiger partial charge on any atom is -0.481 e. The summed E-state index contributed by atoms with van der Waals surface area (Å²) in [6.07, 6.45) is -0.963. The van der Waals surface area contributed by atoms with Crippen molar-refractivity contribution in [1.82, 2.24) is 10.3 Å². The number of carbonyl (C=O) groups excluding carboxylic acids is 1. The number of rotatable bonds is 6. The van der Waals surface area contributed by atoms with E-state index in [1.807, 2.05) is 0 Å². The molecule has 0 radical (unpaired) electrons. The van der Waals surface area contributed by atoms with E-state index in [-0.39, 0.29) is 29.8 Å². The first-order valence-corrected chi connectivity index (χ1v) is 6.27. The lowest BCUT2D eigenvalue weighted by Gasteiger charge is -2.15. The number of pyridine rings is 1. The van der Waals surface area contributed by atoms with Crippen molar-refractivity contribution in [2.45, 2.75) is 40.0 Å². The summed E-state index contributed by atoms with van der Waals surface area (Å²) in [7, 11) is 1.35. The highest BCUT2D eigenvalue weighted by molar-refractivity contribution is 5.67. The van der Waals surface area contributed by atoms with E-state index in [1.54, 1.807) is 20.8 Å². The van der Waals surface area contributed by atoms with E-state index < -0.39 is 12.7 Å². The number of amides is 1. The number of hydrogen-bond donors (Lipinski definition) is 1. The highest BCUT2D eigenvalue weighted by Crippen LogP contribution is 2.29. The van der Waals surface area contributed by atoms with Gasteiger partial charge in [-0.15, -0.1) is 0 Å². The number of aryl methyl sites for hydroxylation is 1. The minimum atomic E-state index is -2.99. The fourth-order valence-electron chi connectivity index (χ4n) is 1.59. The fraction of sp³-hybridized carbons (Fsp3) is 0.538. The zero-order valence-electron chi connectivity index (χ0n) is 12.3. The third-order valence-electron chi connectivity index (χ3n) is 2.34. The summed E-state index contributed by atoms with van der Waals surface area (Å²) in [5.74, 6) is 0.00898. The van der Waals surface area contributed by atoms with Crippen molar-refractivity contribution in [3.8, 4) is 11.6 Å². The average Bonchev–Trinajstić information content (AvgIpc) is 2.35. The number of halogens is 2. The monoisotopic (exact) mass is 304 g/mol. The topological polar surface area (TPSA) is 69.7 Å². The molecule has 0 aliphatic carbocycles. The van der Waals surface area contributed by atoms with Crippen molar-refractivity contribution in [2.75, 3.05) is 7.11 Å². The fourth-order valence-corrected chi connectivity index (χ4v) is 1.59. The Bertz CT molecular complexity index is 495. The molecule has 0 saturated carbocycles. The summed E-state index contributed by atoms with van der Waals surface area (Å²) >= 11 is 0. The SMILES string of the molecule is COc1nc(C)cc(OC(F)F)c1CNC(=O)OC(C)C. The van der Waals surface area contributed by atoms with Gasteiger partial charge in [-0.2, -0.15) is 8.78 Å². The van der Waals surface area contributed by atoms with Gasteiger partial charge in [0.1, 0.15) is 5.75 Å². The number of methoxy groups -OCH3 is 1. The van der Waals surface area contributed by atoms with Gasteiger partial charge in [0.05, 0.1) is 25.3 Å². The van der Waals surface area contributed by atoms with Crippen LogP contribution in [0.2, 0.25) is 0 Å². The summed E-state index contributed by atoms with van der Waals surface area (Å²) < 4.78 is 39.2. The summed E-state index contributed by atoms with van der Waals surface area (Å²) in [5, 5.41) is 2.43. The lowest BCUT2D eigenvalue weighted by atomic mass is 10.2. The predicted octanol–water partition coefficient (Wildman–Crippen LogP) is 2.63. The standard InChI is InChI=1S/C13H18F2N2O4/c1-7(2)20-13(18)16-6-9-10(21-12(14)15)5-8(3)17-11(9)19-4/h5,7,12H,6H2,1-4H3,(H,16,18). The van der Waals surface area contributed by atoms with Gasteiger partial charge in [0, 0.05) is 11.8 Å². The molecule has 6 nitrogen and oxygen atoms in total. The number of nitrogens with zero attached hydrogens (tertiary/aromatic N) is 1. The Morgan fingerprint density at radius 3 is 2.62 bits per heavy atom. The molecular weight excluding hydrogens is 286 g/mol. The largest absolute Gasteiger partial charge is 0.481 e. The number of carbonyl (C=O) groups is 1. The van der Waals surface area contributed by atoms with Crippen LogP contribution >= 0.6 is 0 Å². The van der Waals surface area contributed by atoms with Gasteiger partial charge < -0.3 is 19.5 Å². The Balaban J connectivity index is 2.94. The molecular formula is C13H18F2N2O4. The van der Waals surface area contributed by atoms with E-state index in [9.17, 15) is 13.6 Å². The second-order valence-electron chi connectivity index (χ2n) is 4.44. The maximum absolute atomic E-state index is 12.4. The third-order valence-corrected chi connectivity index (χ3v) is 2.34. The van der Waals surface area contributed by atoms with Crippen LogP contribution in [-0.4, -0.2) is 30.9 Å². The van der Waals surface area contributed by atoms with Gasteiger partial charge in [-0.25, -0.2) is 9.78 Å². The Morgan fingerprint density at radius 2 is 2.10 bits per heavy atom. The molecule has 1 N–H and O–H groups in total. The Labute approximate surface area is 121 Å². The Hall–Kier alpha value is -2.12. The molecule has 1 amide bonds.